The van der Waals surface area contributed by atoms with Gasteiger partial charge in [0, 0.05) is 4.88 Å². The Balaban J connectivity index is 1.93. The average molecular weight is 300 g/mol. The molecule has 0 aliphatic heterocycles. The first-order valence-electron chi connectivity index (χ1n) is 6.31. The van der Waals surface area contributed by atoms with E-state index in [1.807, 2.05) is 13.0 Å². The number of aliphatic carboxylic acids is 1. The smallest absolute Gasteiger partial charge is 0.307 e. The maximum absolute atomic E-state index is 10.8. The number of aryl methyl sites for hydroxylation is 1. The molecule has 0 bridgehead atoms. The highest BCUT2D eigenvalue weighted by atomic mass is 32.1. The number of rotatable bonds is 4. The molecule has 21 heavy (non-hydrogen) atoms. The van der Waals surface area contributed by atoms with Crippen molar-refractivity contribution in [3.8, 4) is 11.6 Å². The minimum absolute atomic E-state index is 0.0338. The fourth-order valence-corrected chi connectivity index (χ4v) is 2.88. The van der Waals surface area contributed by atoms with Crippen LogP contribution in [0.1, 0.15) is 10.4 Å². The maximum atomic E-state index is 10.8. The zero-order valence-corrected chi connectivity index (χ0v) is 12.1. The standard InChI is InChI=1S/C15H12N2O3S/c1-9-5-12-14(16-8-17-15(12)21-9)20-11-4-2-3-10(6-11)7-13(18)19/h2-6,8H,7H2,1H3,(H,18,19). The van der Waals surface area contributed by atoms with E-state index in [1.165, 1.54) is 6.33 Å². The Kier molecular flexibility index (Phi) is 3.53. The van der Waals surface area contributed by atoms with Gasteiger partial charge in [-0.25, -0.2) is 9.97 Å². The first-order valence-corrected chi connectivity index (χ1v) is 7.13. The topological polar surface area (TPSA) is 72.3 Å². The van der Waals surface area contributed by atoms with E-state index >= 15 is 0 Å². The number of fused-ring (bicyclic) bond motifs is 1. The van der Waals surface area contributed by atoms with Gasteiger partial charge in [0.1, 0.15) is 16.9 Å². The van der Waals surface area contributed by atoms with Gasteiger partial charge in [0.25, 0.3) is 0 Å². The predicted octanol–water partition coefficient (Wildman–Crippen LogP) is 3.42. The van der Waals surface area contributed by atoms with Crippen LogP contribution in [-0.2, 0) is 11.2 Å². The van der Waals surface area contributed by atoms with E-state index in [0.717, 1.165) is 15.1 Å². The minimum atomic E-state index is -0.870. The fourth-order valence-electron chi connectivity index (χ4n) is 2.04. The molecule has 0 amide bonds. The molecule has 3 rings (SSSR count). The van der Waals surface area contributed by atoms with Crippen LogP contribution in [0.25, 0.3) is 10.2 Å². The molecule has 2 heterocycles. The Bertz CT molecular complexity index is 814. The van der Waals surface area contributed by atoms with E-state index in [-0.39, 0.29) is 6.42 Å². The molecule has 2 aromatic heterocycles. The van der Waals surface area contributed by atoms with E-state index in [2.05, 4.69) is 9.97 Å². The second-order valence-corrected chi connectivity index (χ2v) is 5.81. The molecular formula is C15H12N2O3S. The van der Waals surface area contributed by atoms with E-state index in [9.17, 15) is 4.79 Å². The van der Waals surface area contributed by atoms with Crippen molar-refractivity contribution in [3.63, 3.8) is 0 Å². The van der Waals surface area contributed by atoms with E-state index in [4.69, 9.17) is 9.84 Å². The van der Waals surface area contributed by atoms with E-state index in [0.29, 0.717) is 17.2 Å². The van der Waals surface area contributed by atoms with Gasteiger partial charge in [-0.3, -0.25) is 4.79 Å². The molecule has 0 aliphatic rings. The summed E-state index contributed by atoms with van der Waals surface area (Å²) in [6, 6.07) is 8.99. The Morgan fingerprint density at radius 2 is 2.19 bits per heavy atom. The van der Waals surface area contributed by atoms with Crippen molar-refractivity contribution in [3.05, 3.63) is 47.1 Å². The number of benzene rings is 1. The number of carboxylic acid groups (broad SMARTS) is 1. The lowest BCUT2D eigenvalue weighted by Crippen LogP contribution is -2.00. The molecule has 1 N–H and O–H groups in total. The molecule has 0 fully saturated rings. The quantitative estimate of drug-likeness (QED) is 0.799. The predicted molar refractivity (Wildman–Crippen MR) is 80.0 cm³/mol. The molecule has 0 aliphatic carbocycles. The van der Waals surface area contributed by atoms with Crippen LogP contribution in [-0.4, -0.2) is 21.0 Å². The van der Waals surface area contributed by atoms with Gasteiger partial charge in [0.05, 0.1) is 11.8 Å². The summed E-state index contributed by atoms with van der Waals surface area (Å²) >= 11 is 1.58. The van der Waals surface area contributed by atoms with Crippen molar-refractivity contribution in [2.24, 2.45) is 0 Å². The lowest BCUT2D eigenvalue weighted by Gasteiger charge is -2.06. The van der Waals surface area contributed by atoms with Gasteiger partial charge in [-0.05, 0) is 30.7 Å². The van der Waals surface area contributed by atoms with Gasteiger partial charge in [-0.2, -0.15) is 0 Å². The third-order valence-corrected chi connectivity index (χ3v) is 3.84. The summed E-state index contributed by atoms with van der Waals surface area (Å²) in [6.07, 6.45) is 1.43. The molecule has 0 spiro atoms. The summed E-state index contributed by atoms with van der Waals surface area (Å²) in [7, 11) is 0. The zero-order chi connectivity index (χ0) is 14.8. The van der Waals surface area contributed by atoms with Crippen molar-refractivity contribution < 1.29 is 14.6 Å². The van der Waals surface area contributed by atoms with Crippen molar-refractivity contribution in [2.45, 2.75) is 13.3 Å². The average Bonchev–Trinajstić information content (AvgIpc) is 2.80. The number of carboxylic acids is 1. The summed E-state index contributed by atoms with van der Waals surface area (Å²) in [5.41, 5.74) is 0.687. The molecule has 3 aromatic rings. The van der Waals surface area contributed by atoms with Crippen LogP contribution in [0.15, 0.2) is 36.7 Å². The first-order chi connectivity index (χ1) is 10.1. The summed E-state index contributed by atoms with van der Waals surface area (Å²) < 4.78 is 5.79. The Labute approximate surface area is 124 Å². The number of carbonyl (C=O) groups is 1. The van der Waals surface area contributed by atoms with E-state index < -0.39 is 5.97 Å². The number of hydrogen-bond acceptors (Lipinski definition) is 5. The summed E-state index contributed by atoms with van der Waals surface area (Å²) in [6.45, 7) is 2.00. The highest BCUT2D eigenvalue weighted by molar-refractivity contribution is 7.18. The molecule has 106 valence electrons. The molecule has 5 nitrogen and oxygen atoms in total. The van der Waals surface area contributed by atoms with Crippen molar-refractivity contribution >= 4 is 27.5 Å². The summed E-state index contributed by atoms with van der Waals surface area (Å²) in [4.78, 5) is 21.1. The monoisotopic (exact) mass is 300 g/mol. The summed E-state index contributed by atoms with van der Waals surface area (Å²) in [5, 5.41) is 9.70. The van der Waals surface area contributed by atoms with Crippen molar-refractivity contribution in [2.75, 3.05) is 0 Å². The Morgan fingerprint density at radius 3 is 3.00 bits per heavy atom. The minimum Gasteiger partial charge on any atom is -0.481 e. The lowest BCUT2D eigenvalue weighted by molar-refractivity contribution is -0.136. The van der Waals surface area contributed by atoms with Gasteiger partial charge < -0.3 is 9.84 Å². The van der Waals surface area contributed by atoms with Gasteiger partial charge in [0.2, 0.25) is 5.88 Å². The highest BCUT2D eigenvalue weighted by Gasteiger charge is 2.09. The maximum Gasteiger partial charge on any atom is 0.307 e. The highest BCUT2D eigenvalue weighted by Crippen LogP contribution is 2.31. The number of nitrogens with zero attached hydrogens (tertiary/aromatic N) is 2. The van der Waals surface area contributed by atoms with Crippen LogP contribution < -0.4 is 4.74 Å². The number of hydrogen-bond donors (Lipinski definition) is 1. The largest absolute Gasteiger partial charge is 0.481 e. The van der Waals surface area contributed by atoms with E-state index in [1.54, 1.807) is 35.6 Å². The lowest BCUT2D eigenvalue weighted by atomic mass is 10.1. The molecule has 0 radical (unpaired) electrons. The molecule has 1 aromatic carbocycles. The van der Waals surface area contributed by atoms with Crippen molar-refractivity contribution in [1.29, 1.82) is 0 Å². The Morgan fingerprint density at radius 1 is 1.33 bits per heavy atom. The molecule has 0 unspecified atom stereocenters. The van der Waals surface area contributed by atoms with Crippen LogP contribution in [0.2, 0.25) is 0 Å². The Hall–Kier alpha value is -2.47. The molecule has 0 atom stereocenters. The van der Waals surface area contributed by atoms with Gasteiger partial charge in [-0.1, -0.05) is 12.1 Å². The number of aromatic nitrogens is 2. The number of thiophene rings is 1. The third-order valence-electron chi connectivity index (χ3n) is 2.88. The van der Waals surface area contributed by atoms with Gasteiger partial charge in [0.15, 0.2) is 0 Å². The van der Waals surface area contributed by atoms with Gasteiger partial charge in [-0.15, -0.1) is 11.3 Å². The van der Waals surface area contributed by atoms with Crippen LogP contribution >= 0.6 is 11.3 Å². The molecular weight excluding hydrogens is 288 g/mol. The second kappa shape index (κ2) is 5.49. The van der Waals surface area contributed by atoms with Gasteiger partial charge >= 0.3 is 5.97 Å². The van der Waals surface area contributed by atoms with Crippen LogP contribution in [0.4, 0.5) is 0 Å². The molecule has 6 heteroatoms. The normalized spacial score (nSPS) is 10.7. The number of ether oxygens (including phenoxy) is 1. The van der Waals surface area contributed by atoms with Crippen LogP contribution in [0, 0.1) is 6.92 Å². The first kappa shape index (κ1) is 13.5. The molecule has 0 saturated heterocycles. The SMILES string of the molecule is Cc1cc2c(Oc3cccc(CC(=O)O)c3)ncnc2s1. The summed E-state index contributed by atoms with van der Waals surface area (Å²) in [5.74, 6) is 0.180. The second-order valence-electron chi connectivity index (χ2n) is 4.57. The zero-order valence-electron chi connectivity index (χ0n) is 11.2. The van der Waals surface area contributed by atoms with Crippen LogP contribution in [0.5, 0.6) is 11.6 Å². The van der Waals surface area contributed by atoms with Crippen molar-refractivity contribution in [1.82, 2.24) is 9.97 Å². The fraction of sp³-hybridized carbons (Fsp3) is 0.133. The third kappa shape index (κ3) is 3.00. The van der Waals surface area contributed by atoms with Crippen LogP contribution in [0.3, 0.4) is 0 Å². The molecule has 0 saturated carbocycles.